The molecule has 0 unspecified atom stereocenters. The number of benzene rings is 9. The number of fused-ring (bicyclic) bond motifs is 6. The number of rotatable bonds is 7. The molecule has 4 nitrogen and oxygen atoms in total. The predicted molar refractivity (Wildman–Crippen MR) is 314 cm³/mol. The normalized spacial score (nSPS) is 13.2. The van der Waals surface area contributed by atoms with Crippen molar-refractivity contribution in [1.29, 1.82) is 0 Å². The molecule has 0 spiro atoms. The summed E-state index contributed by atoms with van der Waals surface area (Å²) in [5, 5.41) is 1.24. The van der Waals surface area contributed by atoms with E-state index < -0.39 is 0 Å². The summed E-state index contributed by atoms with van der Waals surface area (Å²) in [5.41, 5.74) is 21.7. The molecule has 0 amide bonds. The minimum absolute atomic E-state index is 0.0329. The third kappa shape index (κ3) is 7.94. The van der Waals surface area contributed by atoms with Gasteiger partial charge in [0, 0.05) is 51.2 Å². The molecule has 9 aromatic carbocycles. The van der Waals surface area contributed by atoms with Crippen molar-refractivity contribution in [2.45, 2.75) is 78.6 Å². The van der Waals surface area contributed by atoms with Crippen molar-refractivity contribution >= 4 is 85.3 Å². The molecule has 3 heterocycles. The minimum Gasteiger partial charge on any atom is -0.311 e. The molecule has 0 bridgehead atoms. The second kappa shape index (κ2) is 17.3. The number of para-hydroxylation sites is 3. The predicted octanol–water partition coefficient (Wildman–Crippen LogP) is 16.7. The summed E-state index contributed by atoms with van der Waals surface area (Å²) in [6.45, 7) is 20.5. The maximum atomic E-state index is 2.55. The van der Waals surface area contributed by atoms with Crippen molar-refractivity contribution < 1.29 is 0 Å². The monoisotopic (exact) mass is 947 g/mol. The molecular formula is C68H63BN4. The van der Waals surface area contributed by atoms with Gasteiger partial charge in [-0.05, 0) is 157 Å². The number of hydrogen-bond acceptors (Lipinski definition) is 3. The first-order valence-corrected chi connectivity index (χ1v) is 26.0. The van der Waals surface area contributed by atoms with Crippen LogP contribution in [0.5, 0.6) is 0 Å². The first-order chi connectivity index (χ1) is 35.1. The molecule has 0 aliphatic carbocycles. The molecule has 10 aromatic rings. The second-order valence-electron chi connectivity index (χ2n) is 23.1. The summed E-state index contributed by atoms with van der Waals surface area (Å²) in [7, 11) is 0. The molecule has 0 atom stereocenters. The summed E-state index contributed by atoms with van der Waals surface area (Å²) >= 11 is 0. The fourth-order valence-electron chi connectivity index (χ4n) is 11.4. The molecule has 358 valence electrons. The summed E-state index contributed by atoms with van der Waals surface area (Å²) in [6, 6.07) is 81.8. The van der Waals surface area contributed by atoms with Crippen molar-refractivity contribution in [3.8, 4) is 16.8 Å². The van der Waals surface area contributed by atoms with E-state index in [1.807, 2.05) is 0 Å². The minimum atomic E-state index is -0.0879. The van der Waals surface area contributed by atoms with Gasteiger partial charge >= 0.3 is 0 Å². The smallest absolute Gasteiger partial charge is 0.255 e. The van der Waals surface area contributed by atoms with E-state index in [1.165, 1.54) is 66.5 Å². The average molecular weight is 947 g/mol. The highest BCUT2D eigenvalue weighted by atomic mass is 15.3. The Morgan fingerprint density at radius 3 is 1.44 bits per heavy atom. The highest BCUT2D eigenvalue weighted by molar-refractivity contribution is 7.01. The van der Waals surface area contributed by atoms with Crippen molar-refractivity contribution in [3.05, 3.63) is 235 Å². The lowest BCUT2D eigenvalue weighted by atomic mass is 9.33. The Balaban J connectivity index is 1.12. The Kier molecular flexibility index (Phi) is 10.9. The van der Waals surface area contributed by atoms with E-state index in [0.29, 0.717) is 0 Å². The van der Waals surface area contributed by atoms with Crippen molar-refractivity contribution in [2.75, 3.05) is 14.7 Å². The molecule has 0 radical (unpaired) electrons. The van der Waals surface area contributed by atoms with Crippen molar-refractivity contribution in [3.63, 3.8) is 0 Å². The lowest BCUT2D eigenvalue weighted by molar-refractivity contribution is 0.590. The zero-order chi connectivity index (χ0) is 50.4. The van der Waals surface area contributed by atoms with Gasteiger partial charge in [0.15, 0.2) is 0 Å². The van der Waals surface area contributed by atoms with Crippen LogP contribution in [0.4, 0.5) is 51.3 Å². The van der Waals surface area contributed by atoms with Gasteiger partial charge in [-0.2, -0.15) is 0 Å². The zero-order valence-corrected chi connectivity index (χ0v) is 43.7. The summed E-state index contributed by atoms with van der Waals surface area (Å²) < 4.78 is 2.51. The van der Waals surface area contributed by atoms with E-state index in [4.69, 9.17) is 0 Å². The molecule has 0 fully saturated rings. The third-order valence-corrected chi connectivity index (χ3v) is 15.2. The lowest BCUT2D eigenvalue weighted by Gasteiger charge is -2.44. The van der Waals surface area contributed by atoms with Crippen LogP contribution in [0.15, 0.2) is 218 Å². The van der Waals surface area contributed by atoms with E-state index >= 15 is 0 Å². The van der Waals surface area contributed by atoms with Crippen molar-refractivity contribution in [1.82, 2.24) is 4.57 Å². The van der Waals surface area contributed by atoms with Crippen LogP contribution < -0.4 is 31.1 Å². The molecule has 2 aliphatic rings. The summed E-state index contributed by atoms with van der Waals surface area (Å²) in [5.74, 6) is 1.16. The van der Waals surface area contributed by atoms with E-state index in [2.05, 4.69) is 300 Å². The maximum absolute atomic E-state index is 2.55. The SMILES string of the molecule is CC(C)(C)c1ccc(-c2cccc(N3c4cccc5c4B(c4ccc(N(c6ccc(C(C)(C)C)cc6)c6ccc(C(C)(C)C)cc6)cc4N5c4ccccc4)c4c3n(-c3ccccc3)c3ccccc43)c2)cc1. The van der Waals surface area contributed by atoms with Crippen LogP contribution in [0.1, 0.15) is 79.0 Å². The van der Waals surface area contributed by atoms with Crippen molar-refractivity contribution in [2.24, 2.45) is 0 Å². The highest BCUT2D eigenvalue weighted by Crippen LogP contribution is 2.48. The molecule has 12 rings (SSSR count). The molecule has 0 saturated heterocycles. The first kappa shape index (κ1) is 46.1. The molecule has 0 saturated carbocycles. The Labute approximate surface area is 432 Å². The summed E-state index contributed by atoms with van der Waals surface area (Å²) in [6.07, 6.45) is 0. The standard InChI is InChI=1S/C68H63BN4/c1-66(2,3)48-32-30-46(31-33-48)47-20-18-25-55(44-47)73-61-29-19-28-60-64(61)69(63-57-26-16-17-27-59(57)72(65(63)73)52-23-14-11-15-24-52)58-43-42-56(45-62(58)71(60)51-21-12-10-13-22-51)70(53-38-34-49(35-39-53)67(4,5)6)54-40-36-50(37-41-54)68(7,8)9/h10-45H,1-9H3. The molecule has 1 aromatic heterocycles. The number of anilines is 9. The van der Waals surface area contributed by atoms with Gasteiger partial charge in [0.25, 0.3) is 6.71 Å². The Bertz CT molecular complexity index is 3610. The maximum Gasteiger partial charge on any atom is 0.255 e. The second-order valence-corrected chi connectivity index (χ2v) is 23.1. The van der Waals surface area contributed by atoms with Gasteiger partial charge in [0.2, 0.25) is 0 Å². The number of hydrogen-bond donors (Lipinski definition) is 0. The van der Waals surface area contributed by atoms with Crippen LogP contribution in [0.3, 0.4) is 0 Å². The van der Waals surface area contributed by atoms with Crippen LogP contribution in [0.2, 0.25) is 0 Å². The molecule has 5 heteroatoms. The Morgan fingerprint density at radius 2 is 0.849 bits per heavy atom. The summed E-state index contributed by atoms with van der Waals surface area (Å²) in [4.78, 5) is 7.51. The van der Waals surface area contributed by atoms with E-state index in [1.54, 1.807) is 0 Å². The van der Waals surface area contributed by atoms with Crippen LogP contribution in [0.25, 0.3) is 27.7 Å². The van der Waals surface area contributed by atoms with Gasteiger partial charge in [-0.25, -0.2) is 0 Å². The number of nitrogens with zero attached hydrogens (tertiary/aromatic N) is 4. The topological polar surface area (TPSA) is 14.7 Å². The van der Waals surface area contributed by atoms with Crippen LogP contribution in [0, 0.1) is 0 Å². The first-order valence-electron chi connectivity index (χ1n) is 26.0. The van der Waals surface area contributed by atoms with Gasteiger partial charge in [0.05, 0.1) is 5.52 Å². The lowest BCUT2D eigenvalue weighted by Crippen LogP contribution is -2.61. The molecular weight excluding hydrogens is 884 g/mol. The third-order valence-electron chi connectivity index (χ3n) is 15.2. The largest absolute Gasteiger partial charge is 0.311 e. The van der Waals surface area contributed by atoms with Gasteiger partial charge in [-0.1, -0.05) is 190 Å². The Morgan fingerprint density at radius 1 is 0.356 bits per heavy atom. The van der Waals surface area contributed by atoms with Crippen LogP contribution in [-0.2, 0) is 16.2 Å². The number of aromatic nitrogens is 1. The fourth-order valence-corrected chi connectivity index (χ4v) is 11.4. The van der Waals surface area contributed by atoms with Gasteiger partial charge in [0.1, 0.15) is 5.82 Å². The van der Waals surface area contributed by atoms with Crippen LogP contribution >= 0.6 is 0 Å². The fraction of sp³-hybridized carbons (Fsp3) is 0.176. The highest BCUT2D eigenvalue weighted by Gasteiger charge is 2.46. The van der Waals surface area contributed by atoms with E-state index in [0.717, 1.165) is 45.6 Å². The van der Waals surface area contributed by atoms with Gasteiger partial charge in [-0.3, -0.25) is 9.47 Å². The van der Waals surface area contributed by atoms with E-state index in [-0.39, 0.29) is 23.0 Å². The van der Waals surface area contributed by atoms with Crippen LogP contribution in [-0.4, -0.2) is 11.3 Å². The van der Waals surface area contributed by atoms with Gasteiger partial charge in [-0.15, -0.1) is 0 Å². The zero-order valence-electron chi connectivity index (χ0n) is 43.7. The molecule has 0 N–H and O–H groups in total. The molecule has 73 heavy (non-hydrogen) atoms. The molecule has 2 aliphatic heterocycles. The van der Waals surface area contributed by atoms with E-state index in [9.17, 15) is 0 Å². The quantitative estimate of drug-likeness (QED) is 0.148. The van der Waals surface area contributed by atoms with Gasteiger partial charge < -0.3 is 9.80 Å². The Hall–Kier alpha value is -8.02. The average Bonchev–Trinajstić information content (AvgIpc) is 3.75.